The lowest BCUT2D eigenvalue weighted by atomic mass is 10.0. The van der Waals surface area contributed by atoms with Gasteiger partial charge >= 0.3 is 29.2 Å². The van der Waals surface area contributed by atoms with Crippen LogP contribution in [0, 0.1) is 0 Å². The minimum Gasteiger partial charge on any atom is -0.388 e. The third-order valence-electron chi connectivity index (χ3n) is 5.26. The van der Waals surface area contributed by atoms with Crippen LogP contribution in [0.4, 0.5) is 0 Å². The SMILES string of the molecule is N[C@@H](Cc1ccccc1)C(=O)N[C@@H]1[C@H](O)[C@@H](COP(=O)(O)OP(=O)(O)OP(=O)(O)O)O[C@H]1n1ccc(=O)[nH]c1=O. The molecule has 0 aliphatic carbocycles. The number of amides is 1. The van der Waals surface area contributed by atoms with Crippen molar-refractivity contribution < 1.29 is 61.1 Å². The van der Waals surface area contributed by atoms with Crippen molar-refractivity contribution in [2.75, 3.05) is 6.61 Å². The minimum atomic E-state index is -5.81. The van der Waals surface area contributed by atoms with Crippen LogP contribution in [-0.2, 0) is 42.8 Å². The third kappa shape index (κ3) is 9.09. The Labute approximate surface area is 223 Å². The fourth-order valence-electron chi connectivity index (χ4n) is 3.61. The highest BCUT2D eigenvalue weighted by Gasteiger charge is 2.48. The number of hydrogen-bond acceptors (Lipinski definition) is 12. The summed E-state index contributed by atoms with van der Waals surface area (Å²) in [6.07, 6.45) is -3.84. The van der Waals surface area contributed by atoms with Crippen LogP contribution in [0.3, 0.4) is 0 Å². The van der Waals surface area contributed by atoms with Crippen molar-refractivity contribution in [3.8, 4) is 0 Å². The molecule has 3 rings (SSSR count). The van der Waals surface area contributed by atoms with Crippen molar-refractivity contribution in [1.29, 1.82) is 0 Å². The van der Waals surface area contributed by atoms with Crippen molar-refractivity contribution in [2.24, 2.45) is 5.73 Å². The Morgan fingerprint density at radius 3 is 2.33 bits per heavy atom. The molecule has 19 nitrogen and oxygen atoms in total. The Balaban J connectivity index is 1.78. The number of nitrogens with zero attached hydrogens (tertiary/aromatic N) is 1. The summed E-state index contributed by atoms with van der Waals surface area (Å²) in [5.41, 5.74) is 4.92. The largest absolute Gasteiger partial charge is 0.490 e. The maximum atomic E-state index is 12.8. The van der Waals surface area contributed by atoms with Gasteiger partial charge in [-0.2, -0.15) is 8.62 Å². The Morgan fingerprint density at radius 1 is 1.07 bits per heavy atom. The van der Waals surface area contributed by atoms with Crippen LogP contribution >= 0.6 is 23.5 Å². The molecule has 2 aromatic rings. The number of H-pyrrole nitrogens is 1. The maximum Gasteiger partial charge on any atom is 0.490 e. The molecule has 1 aromatic carbocycles. The predicted octanol–water partition coefficient (Wildman–Crippen LogP) is -1.81. The topological polar surface area (TPSA) is 299 Å². The molecule has 1 aliphatic heterocycles. The average molecular weight is 630 g/mol. The zero-order valence-electron chi connectivity index (χ0n) is 20.0. The molecule has 1 saturated heterocycles. The molecule has 40 heavy (non-hydrogen) atoms. The van der Waals surface area contributed by atoms with Gasteiger partial charge in [0.1, 0.15) is 18.2 Å². The van der Waals surface area contributed by atoms with E-state index >= 15 is 0 Å². The van der Waals surface area contributed by atoms with E-state index in [-0.39, 0.29) is 6.42 Å². The van der Waals surface area contributed by atoms with Gasteiger partial charge in [-0.15, -0.1) is 0 Å². The van der Waals surface area contributed by atoms with E-state index in [9.17, 15) is 43.0 Å². The summed E-state index contributed by atoms with van der Waals surface area (Å²) in [6, 6.07) is 7.03. The van der Waals surface area contributed by atoms with Crippen LogP contribution in [0.15, 0.2) is 52.2 Å². The van der Waals surface area contributed by atoms with Gasteiger partial charge in [0.15, 0.2) is 6.23 Å². The van der Waals surface area contributed by atoms with Crippen LogP contribution in [0.2, 0.25) is 0 Å². The van der Waals surface area contributed by atoms with Gasteiger partial charge in [0.2, 0.25) is 5.91 Å². The number of aromatic nitrogens is 2. The van der Waals surface area contributed by atoms with Gasteiger partial charge in [0, 0.05) is 12.3 Å². The Hall–Kier alpha value is -2.34. The van der Waals surface area contributed by atoms with Crippen LogP contribution in [0.5, 0.6) is 0 Å². The molecule has 2 unspecified atom stereocenters. The van der Waals surface area contributed by atoms with Gasteiger partial charge in [0.05, 0.1) is 12.6 Å². The highest BCUT2D eigenvalue weighted by atomic mass is 31.3. The number of nitrogens with one attached hydrogen (secondary N) is 2. The Morgan fingerprint density at radius 2 is 1.73 bits per heavy atom. The predicted molar refractivity (Wildman–Crippen MR) is 131 cm³/mol. The first kappa shape index (κ1) is 32.2. The summed E-state index contributed by atoms with van der Waals surface area (Å²) in [4.78, 5) is 74.8. The first-order valence-corrected chi connectivity index (χ1v) is 15.5. The first-order chi connectivity index (χ1) is 18.5. The van der Waals surface area contributed by atoms with Gasteiger partial charge in [-0.3, -0.25) is 23.7 Å². The first-order valence-electron chi connectivity index (χ1n) is 11.0. The Kier molecular flexibility index (Phi) is 10.2. The average Bonchev–Trinajstić information content (AvgIpc) is 3.11. The summed E-state index contributed by atoms with van der Waals surface area (Å²) < 4.78 is 52.4. The second kappa shape index (κ2) is 12.7. The van der Waals surface area contributed by atoms with E-state index in [1.54, 1.807) is 30.3 Å². The lowest BCUT2D eigenvalue weighted by molar-refractivity contribution is -0.124. The molecule has 0 radical (unpaired) electrons. The van der Waals surface area contributed by atoms with E-state index in [1.807, 2.05) is 4.98 Å². The molecule has 1 aliphatic rings. The molecule has 0 saturated carbocycles. The fraction of sp³-hybridized carbons (Fsp3) is 0.389. The number of nitrogens with two attached hydrogens (primary N) is 1. The highest BCUT2D eigenvalue weighted by molar-refractivity contribution is 7.66. The van der Waals surface area contributed by atoms with Gasteiger partial charge in [-0.05, 0) is 12.0 Å². The van der Waals surface area contributed by atoms with E-state index in [4.69, 9.17) is 20.3 Å². The van der Waals surface area contributed by atoms with Gasteiger partial charge in [0.25, 0.3) is 5.56 Å². The van der Waals surface area contributed by atoms with Crippen molar-refractivity contribution in [3.05, 3.63) is 69.0 Å². The summed E-state index contributed by atoms with van der Waals surface area (Å²) in [5, 5.41) is 13.3. The van der Waals surface area contributed by atoms with Crippen molar-refractivity contribution in [2.45, 2.75) is 36.9 Å². The molecule has 0 spiro atoms. The number of carbonyl (C=O) groups excluding carboxylic acids is 1. The zero-order chi connectivity index (χ0) is 29.9. The number of phosphoric acid groups is 3. The molecular formula is C18H25N4O15P3. The maximum absolute atomic E-state index is 12.8. The molecule has 222 valence electrons. The quantitative estimate of drug-likeness (QED) is 0.120. The van der Waals surface area contributed by atoms with E-state index < -0.39 is 77.8 Å². The van der Waals surface area contributed by atoms with Crippen LogP contribution in [-0.4, -0.2) is 71.0 Å². The number of benzene rings is 1. The normalized spacial score (nSPS) is 25.1. The number of aromatic amines is 1. The molecule has 0 bridgehead atoms. The van der Waals surface area contributed by atoms with E-state index in [1.165, 1.54) is 0 Å². The van der Waals surface area contributed by atoms with Crippen LogP contribution < -0.4 is 22.3 Å². The number of aliphatic hydroxyl groups is 1. The van der Waals surface area contributed by atoms with Crippen molar-refractivity contribution in [3.63, 3.8) is 0 Å². The number of phosphoric ester groups is 1. The van der Waals surface area contributed by atoms with Gasteiger partial charge < -0.3 is 40.5 Å². The molecule has 2 heterocycles. The van der Waals surface area contributed by atoms with Crippen LogP contribution in [0.1, 0.15) is 11.8 Å². The summed E-state index contributed by atoms with van der Waals surface area (Å²) in [5.74, 6) is -0.785. The molecule has 1 fully saturated rings. The fourth-order valence-corrected chi connectivity index (χ4v) is 6.64. The minimum absolute atomic E-state index is 0.0923. The smallest absolute Gasteiger partial charge is 0.388 e. The molecule has 7 atom stereocenters. The molecule has 1 amide bonds. The number of hydrogen-bond donors (Lipinski definition) is 8. The van der Waals surface area contributed by atoms with E-state index in [0.717, 1.165) is 22.4 Å². The second-order valence-electron chi connectivity index (χ2n) is 8.29. The second-order valence-corrected chi connectivity index (χ2v) is 12.7. The monoisotopic (exact) mass is 630 g/mol. The molecular weight excluding hydrogens is 605 g/mol. The zero-order valence-corrected chi connectivity index (χ0v) is 22.7. The van der Waals surface area contributed by atoms with Gasteiger partial charge in [-0.25, -0.2) is 18.5 Å². The summed E-state index contributed by atoms with van der Waals surface area (Å²) in [7, 11) is -17.0. The molecule has 9 N–H and O–H groups in total. The number of aliphatic hydroxyl groups excluding tert-OH is 1. The third-order valence-corrected chi connectivity index (χ3v) is 9.06. The van der Waals surface area contributed by atoms with E-state index in [0.29, 0.717) is 0 Å². The molecule has 22 heteroatoms. The van der Waals surface area contributed by atoms with Crippen molar-refractivity contribution >= 4 is 29.4 Å². The van der Waals surface area contributed by atoms with Gasteiger partial charge in [-0.1, -0.05) is 30.3 Å². The summed E-state index contributed by atoms with van der Waals surface area (Å²) in [6.45, 7) is -1.08. The number of ether oxygens (including phenoxy) is 1. The highest BCUT2D eigenvalue weighted by Crippen LogP contribution is 2.66. The number of carbonyl (C=O) groups is 1. The molecule has 1 aromatic heterocycles. The van der Waals surface area contributed by atoms with Crippen LogP contribution in [0.25, 0.3) is 0 Å². The van der Waals surface area contributed by atoms with Crippen molar-refractivity contribution in [1.82, 2.24) is 14.9 Å². The standard InChI is InChI=1S/C18H25N4O15P3/c19-11(8-10-4-2-1-3-5-10)16(25)21-14-15(24)12(35-17(14)22-7-6-13(23)20-18(22)26)9-34-39(30,31)37-40(32,33)36-38(27,28)29/h1-7,11-12,14-15,17,24H,8-9,19H2,(H,21,25)(H,30,31)(H,32,33)(H,20,23,26)(H2,27,28,29)/t11-,12+,14+,15+,17+/m0/s1. The Bertz CT molecular complexity index is 1460. The van der Waals surface area contributed by atoms with E-state index in [2.05, 4.69) is 18.5 Å². The number of rotatable bonds is 12. The lowest BCUT2D eigenvalue weighted by Crippen LogP contribution is -2.53. The lowest BCUT2D eigenvalue weighted by Gasteiger charge is -2.24. The summed E-state index contributed by atoms with van der Waals surface area (Å²) >= 11 is 0.